The summed E-state index contributed by atoms with van der Waals surface area (Å²) in [5.41, 5.74) is 1.86. The van der Waals surface area contributed by atoms with Crippen LogP contribution in [0.2, 0.25) is 0 Å². The highest BCUT2D eigenvalue weighted by atomic mass is 16.5. The Balaban J connectivity index is 1.96. The van der Waals surface area contributed by atoms with Crippen molar-refractivity contribution in [2.75, 3.05) is 19.8 Å². The van der Waals surface area contributed by atoms with Crippen LogP contribution in [-0.2, 0) is 4.74 Å². The lowest BCUT2D eigenvalue weighted by Crippen LogP contribution is -2.15. The molecule has 1 saturated heterocycles. The maximum absolute atomic E-state index is 5.51. The predicted molar refractivity (Wildman–Crippen MR) is 67.0 cm³/mol. The van der Waals surface area contributed by atoms with Gasteiger partial charge in [-0.3, -0.25) is 0 Å². The topological polar surface area (TPSA) is 48.7 Å². The van der Waals surface area contributed by atoms with Gasteiger partial charge in [0.25, 0.3) is 5.88 Å². The third-order valence-electron chi connectivity index (χ3n) is 3.22. The molecule has 3 heterocycles. The first-order valence-corrected chi connectivity index (χ1v) is 6.42. The van der Waals surface area contributed by atoms with Crippen molar-refractivity contribution in [3.63, 3.8) is 0 Å². The summed E-state index contributed by atoms with van der Waals surface area (Å²) in [4.78, 5) is 8.87. The van der Waals surface area contributed by atoms with Crippen molar-refractivity contribution in [1.29, 1.82) is 0 Å². The van der Waals surface area contributed by atoms with Crippen LogP contribution >= 0.6 is 0 Å². The van der Waals surface area contributed by atoms with Crippen LogP contribution in [0.15, 0.2) is 18.6 Å². The molecule has 1 aliphatic heterocycles. The summed E-state index contributed by atoms with van der Waals surface area (Å²) in [6, 6.07) is 0. The molecule has 0 aliphatic carbocycles. The van der Waals surface area contributed by atoms with E-state index in [0.717, 1.165) is 37.4 Å². The molecule has 0 saturated carbocycles. The minimum atomic E-state index is 0.396. The zero-order valence-corrected chi connectivity index (χ0v) is 10.5. The van der Waals surface area contributed by atoms with Gasteiger partial charge in [0, 0.05) is 31.1 Å². The zero-order valence-electron chi connectivity index (χ0n) is 10.5. The lowest BCUT2D eigenvalue weighted by atomic mass is 9.99. The molecule has 5 heteroatoms. The Labute approximate surface area is 106 Å². The first-order chi connectivity index (χ1) is 8.88. The van der Waals surface area contributed by atoms with Crippen molar-refractivity contribution in [2.45, 2.75) is 25.7 Å². The molecule has 2 aromatic rings. The number of fused-ring (bicyclic) bond motifs is 1. The highest BCUT2D eigenvalue weighted by molar-refractivity contribution is 5.50. The minimum absolute atomic E-state index is 0.396. The molecule has 3 rings (SSSR count). The van der Waals surface area contributed by atoms with E-state index in [9.17, 15) is 0 Å². The highest BCUT2D eigenvalue weighted by Gasteiger charge is 2.20. The molecule has 2 aromatic heterocycles. The van der Waals surface area contributed by atoms with E-state index in [1.165, 1.54) is 0 Å². The van der Waals surface area contributed by atoms with Gasteiger partial charge in [0.1, 0.15) is 0 Å². The Bertz CT molecular complexity index is 532. The molecule has 0 aromatic carbocycles. The van der Waals surface area contributed by atoms with Crippen molar-refractivity contribution in [1.82, 2.24) is 14.4 Å². The van der Waals surface area contributed by atoms with Crippen LogP contribution in [0.1, 0.15) is 31.4 Å². The van der Waals surface area contributed by atoms with Gasteiger partial charge in [0.15, 0.2) is 0 Å². The number of hydrogen-bond donors (Lipinski definition) is 0. The van der Waals surface area contributed by atoms with Gasteiger partial charge in [-0.15, -0.1) is 0 Å². The number of nitrogens with zero attached hydrogens (tertiary/aromatic N) is 3. The second-order valence-electron chi connectivity index (χ2n) is 4.48. The first kappa shape index (κ1) is 11.5. The Morgan fingerprint density at radius 1 is 1.56 bits per heavy atom. The molecule has 0 bridgehead atoms. The van der Waals surface area contributed by atoms with E-state index in [0.29, 0.717) is 18.4 Å². The van der Waals surface area contributed by atoms with E-state index >= 15 is 0 Å². The van der Waals surface area contributed by atoms with Gasteiger partial charge < -0.3 is 13.9 Å². The zero-order chi connectivity index (χ0) is 12.4. The largest absolute Gasteiger partial charge is 0.475 e. The predicted octanol–water partition coefficient (Wildman–Crippen LogP) is 2.02. The van der Waals surface area contributed by atoms with Gasteiger partial charge in [-0.1, -0.05) is 0 Å². The lowest BCUT2D eigenvalue weighted by Gasteiger charge is -2.19. The average molecular weight is 247 g/mol. The second kappa shape index (κ2) is 4.94. The number of aromatic nitrogens is 3. The summed E-state index contributed by atoms with van der Waals surface area (Å²) in [6.45, 7) is 4.18. The molecule has 96 valence electrons. The fourth-order valence-corrected chi connectivity index (χ4v) is 2.32. The van der Waals surface area contributed by atoms with Crippen LogP contribution in [0, 0.1) is 0 Å². The molecule has 0 amide bonds. The van der Waals surface area contributed by atoms with Crippen molar-refractivity contribution in [3.05, 3.63) is 24.3 Å². The van der Waals surface area contributed by atoms with Gasteiger partial charge in [-0.2, -0.15) is 0 Å². The average Bonchev–Trinajstić information content (AvgIpc) is 2.85. The Kier molecular flexibility index (Phi) is 3.15. The molecule has 1 atom stereocenters. The van der Waals surface area contributed by atoms with Crippen LogP contribution in [0.4, 0.5) is 0 Å². The molecule has 1 unspecified atom stereocenters. The molecular weight excluding hydrogens is 230 g/mol. The summed E-state index contributed by atoms with van der Waals surface area (Å²) >= 11 is 0. The van der Waals surface area contributed by atoms with Gasteiger partial charge >= 0.3 is 0 Å². The maximum atomic E-state index is 5.51. The molecule has 0 N–H and O–H groups in total. The van der Waals surface area contributed by atoms with Crippen LogP contribution in [0.3, 0.4) is 0 Å². The van der Waals surface area contributed by atoms with Crippen LogP contribution in [0.5, 0.6) is 5.88 Å². The first-order valence-electron chi connectivity index (χ1n) is 6.42. The molecule has 0 radical (unpaired) electrons. The van der Waals surface area contributed by atoms with E-state index in [-0.39, 0.29) is 0 Å². The molecule has 18 heavy (non-hydrogen) atoms. The lowest BCUT2D eigenvalue weighted by molar-refractivity contribution is 0.0794. The summed E-state index contributed by atoms with van der Waals surface area (Å²) in [5.74, 6) is 0.996. The number of ether oxygens (including phenoxy) is 2. The van der Waals surface area contributed by atoms with Crippen LogP contribution < -0.4 is 4.74 Å². The van der Waals surface area contributed by atoms with Gasteiger partial charge in [0.05, 0.1) is 18.9 Å². The van der Waals surface area contributed by atoms with E-state index in [1.807, 2.05) is 17.5 Å². The van der Waals surface area contributed by atoms with Crippen molar-refractivity contribution in [3.8, 4) is 5.88 Å². The fraction of sp³-hybridized carbons (Fsp3) is 0.538. The Morgan fingerprint density at radius 2 is 2.50 bits per heavy atom. The van der Waals surface area contributed by atoms with E-state index in [2.05, 4.69) is 16.2 Å². The highest BCUT2D eigenvalue weighted by Crippen LogP contribution is 2.26. The quantitative estimate of drug-likeness (QED) is 0.832. The monoisotopic (exact) mass is 247 g/mol. The third kappa shape index (κ3) is 2.06. The summed E-state index contributed by atoms with van der Waals surface area (Å²) < 4.78 is 13.0. The Hall–Kier alpha value is -1.62. The second-order valence-corrected chi connectivity index (χ2v) is 4.48. The SMILES string of the molecule is CCOc1nccn2cc(C3CCCOC3)nc12. The molecular formula is C13H17N3O2. The third-order valence-corrected chi connectivity index (χ3v) is 3.22. The summed E-state index contributed by atoms with van der Waals surface area (Å²) in [6.07, 6.45) is 7.94. The van der Waals surface area contributed by atoms with Gasteiger partial charge in [-0.25, -0.2) is 9.97 Å². The smallest absolute Gasteiger partial charge is 0.258 e. The number of rotatable bonds is 3. The summed E-state index contributed by atoms with van der Waals surface area (Å²) in [7, 11) is 0. The van der Waals surface area contributed by atoms with E-state index in [4.69, 9.17) is 9.47 Å². The van der Waals surface area contributed by atoms with Gasteiger partial charge in [-0.05, 0) is 19.8 Å². The minimum Gasteiger partial charge on any atom is -0.475 e. The van der Waals surface area contributed by atoms with Crippen LogP contribution in [-0.4, -0.2) is 34.2 Å². The maximum Gasteiger partial charge on any atom is 0.258 e. The van der Waals surface area contributed by atoms with Crippen molar-refractivity contribution >= 4 is 5.65 Å². The number of imidazole rings is 1. The standard InChI is InChI=1S/C13H17N3O2/c1-2-18-13-12-15-11(8-16(12)6-5-14-13)10-4-3-7-17-9-10/h5-6,8,10H,2-4,7,9H2,1H3. The van der Waals surface area contributed by atoms with E-state index in [1.54, 1.807) is 6.20 Å². The summed E-state index contributed by atoms with van der Waals surface area (Å²) in [5, 5.41) is 0. The van der Waals surface area contributed by atoms with Crippen molar-refractivity contribution < 1.29 is 9.47 Å². The van der Waals surface area contributed by atoms with Crippen molar-refractivity contribution in [2.24, 2.45) is 0 Å². The molecule has 5 nitrogen and oxygen atoms in total. The molecule has 1 aliphatic rings. The Morgan fingerprint density at radius 3 is 3.28 bits per heavy atom. The van der Waals surface area contributed by atoms with Gasteiger partial charge in [0.2, 0.25) is 5.65 Å². The number of hydrogen-bond acceptors (Lipinski definition) is 4. The fourth-order valence-electron chi connectivity index (χ4n) is 2.32. The molecule has 1 fully saturated rings. The normalized spacial score (nSPS) is 20.2. The molecule has 0 spiro atoms. The van der Waals surface area contributed by atoms with Crippen LogP contribution in [0.25, 0.3) is 5.65 Å². The van der Waals surface area contributed by atoms with E-state index < -0.39 is 0 Å².